The maximum Gasteiger partial charge on any atom is 0.264 e. The van der Waals surface area contributed by atoms with Gasteiger partial charge in [0.15, 0.2) is 5.17 Å². The van der Waals surface area contributed by atoms with Crippen molar-refractivity contribution in [2.45, 2.75) is 6.92 Å². The Labute approximate surface area is 170 Å². The van der Waals surface area contributed by atoms with E-state index in [0.29, 0.717) is 25.8 Å². The van der Waals surface area contributed by atoms with Gasteiger partial charge < -0.3 is 9.88 Å². The molecule has 0 atom stereocenters. The van der Waals surface area contributed by atoms with Crippen molar-refractivity contribution in [2.24, 2.45) is 12.0 Å². The molecule has 1 N–H and O–H groups in total. The van der Waals surface area contributed by atoms with E-state index in [1.165, 1.54) is 11.8 Å². The summed E-state index contributed by atoms with van der Waals surface area (Å²) in [5.74, 6) is -0.161. The van der Waals surface area contributed by atoms with Crippen molar-refractivity contribution in [3.8, 4) is 0 Å². The normalized spacial score (nSPS) is 17.3. The lowest BCUT2D eigenvalue weighted by Gasteiger charge is -1.99. The van der Waals surface area contributed by atoms with E-state index in [-0.39, 0.29) is 5.91 Å². The second-order valence-corrected chi connectivity index (χ2v) is 8.00. The molecule has 0 radical (unpaired) electrons. The van der Waals surface area contributed by atoms with Gasteiger partial charge in [0.25, 0.3) is 5.91 Å². The number of hydrogen-bond acceptors (Lipinski definition) is 3. The maximum absolute atomic E-state index is 12.4. The highest BCUT2D eigenvalue weighted by Gasteiger charge is 2.25. The Morgan fingerprint density at radius 1 is 1.15 bits per heavy atom. The van der Waals surface area contributed by atoms with E-state index >= 15 is 0 Å². The van der Waals surface area contributed by atoms with Gasteiger partial charge in [-0.1, -0.05) is 41.4 Å². The summed E-state index contributed by atoms with van der Waals surface area (Å²) in [6.45, 7) is 2.05. The first-order chi connectivity index (χ1) is 12.9. The summed E-state index contributed by atoms with van der Waals surface area (Å²) in [5, 5.41) is 5.33. The highest BCUT2D eigenvalue weighted by Crippen LogP contribution is 2.33. The number of nitrogens with zero attached hydrogens (tertiary/aromatic N) is 2. The quantitative estimate of drug-likeness (QED) is 0.546. The molecule has 1 aliphatic rings. The molecule has 3 aromatic rings. The number of carbonyl (C=O) groups excluding carboxylic acids is 1. The Morgan fingerprint density at radius 3 is 2.70 bits per heavy atom. The molecule has 1 saturated heterocycles. The first-order valence-corrected chi connectivity index (χ1v) is 9.80. The SMILES string of the molecule is Cc1c(/C=C2/SC(=Nc3ccc(Cl)c(Cl)c3)NC2=O)c2ccccc2n1C. The number of benzene rings is 2. The maximum atomic E-state index is 12.4. The monoisotopic (exact) mass is 415 g/mol. The molecular weight excluding hydrogens is 401 g/mol. The van der Waals surface area contributed by atoms with Gasteiger partial charge in [-0.15, -0.1) is 0 Å². The molecule has 1 amide bonds. The molecule has 2 heterocycles. The smallest absolute Gasteiger partial charge is 0.264 e. The number of aryl methyl sites for hydroxylation is 1. The van der Waals surface area contributed by atoms with Crippen molar-refractivity contribution < 1.29 is 4.79 Å². The van der Waals surface area contributed by atoms with E-state index in [0.717, 1.165) is 22.2 Å². The van der Waals surface area contributed by atoms with Crippen molar-refractivity contribution in [3.05, 3.63) is 68.7 Å². The minimum atomic E-state index is -0.161. The van der Waals surface area contributed by atoms with Gasteiger partial charge in [-0.25, -0.2) is 4.99 Å². The number of nitrogens with one attached hydrogen (secondary N) is 1. The third-order valence-electron chi connectivity index (χ3n) is 4.51. The van der Waals surface area contributed by atoms with Gasteiger partial charge in [0.2, 0.25) is 0 Å². The first kappa shape index (κ1) is 18.2. The fourth-order valence-corrected chi connectivity index (χ4v) is 4.13. The van der Waals surface area contributed by atoms with E-state index in [2.05, 4.69) is 33.9 Å². The topological polar surface area (TPSA) is 46.4 Å². The highest BCUT2D eigenvalue weighted by atomic mass is 35.5. The lowest BCUT2D eigenvalue weighted by molar-refractivity contribution is -0.115. The second-order valence-electron chi connectivity index (χ2n) is 6.16. The Hall–Kier alpha value is -2.21. The number of aromatic nitrogens is 1. The predicted octanol–water partition coefficient (Wildman–Crippen LogP) is 5.69. The summed E-state index contributed by atoms with van der Waals surface area (Å²) in [4.78, 5) is 17.5. The molecule has 0 bridgehead atoms. The largest absolute Gasteiger partial charge is 0.347 e. The van der Waals surface area contributed by atoms with Crippen molar-refractivity contribution >= 4 is 68.7 Å². The summed E-state index contributed by atoms with van der Waals surface area (Å²) in [5.41, 5.74) is 3.92. The number of thioether (sulfide) groups is 1. The van der Waals surface area contributed by atoms with Crippen LogP contribution in [0.5, 0.6) is 0 Å². The van der Waals surface area contributed by atoms with Gasteiger partial charge in [0.05, 0.1) is 20.6 Å². The fraction of sp³-hybridized carbons (Fsp3) is 0.100. The van der Waals surface area contributed by atoms with E-state index < -0.39 is 0 Å². The number of aliphatic imine (C=N–C) groups is 1. The number of amidine groups is 1. The molecule has 0 saturated carbocycles. The molecule has 4 rings (SSSR count). The van der Waals surface area contributed by atoms with E-state index in [4.69, 9.17) is 23.2 Å². The van der Waals surface area contributed by atoms with Crippen LogP contribution in [0.25, 0.3) is 17.0 Å². The lowest BCUT2D eigenvalue weighted by atomic mass is 10.1. The Kier molecular flexibility index (Phi) is 4.76. The summed E-state index contributed by atoms with van der Waals surface area (Å²) < 4.78 is 2.13. The second kappa shape index (κ2) is 7.08. The van der Waals surface area contributed by atoms with Crippen LogP contribution in [0.2, 0.25) is 10.0 Å². The lowest BCUT2D eigenvalue weighted by Crippen LogP contribution is -2.19. The molecule has 1 aliphatic heterocycles. The van der Waals surface area contributed by atoms with Crippen LogP contribution in [0.3, 0.4) is 0 Å². The van der Waals surface area contributed by atoms with E-state index in [9.17, 15) is 4.79 Å². The average molecular weight is 416 g/mol. The Morgan fingerprint density at radius 2 is 1.93 bits per heavy atom. The number of hydrogen-bond donors (Lipinski definition) is 1. The molecular formula is C20H15Cl2N3OS. The van der Waals surface area contributed by atoms with Gasteiger partial charge in [-0.05, 0) is 49.0 Å². The van der Waals surface area contributed by atoms with Crippen LogP contribution in [0.15, 0.2) is 52.4 Å². The van der Waals surface area contributed by atoms with Crippen LogP contribution in [0.4, 0.5) is 5.69 Å². The number of para-hydroxylation sites is 1. The third kappa shape index (κ3) is 3.38. The van der Waals surface area contributed by atoms with Crippen molar-refractivity contribution in [1.29, 1.82) is 0 Å². The zero-order chi connectivity index (χ0) is 19.1. The molecule has 0 spiro atoms. The summed E-state index contributed by atoms with van der Waals surface area (Å²) in [6, 6.07) is 13.3. The van der Waals surface area contributed by atoms with Crippen LogP contribution in [-0.2, 0) is 11.8 Å². The average Bonchev–Trinajstić information content (AvgIpc) is 3.11. The van der Waals surface area contributed by atoms with Crippen molar-refractivity contribution in [2.75, 3.05) is 0 Å². The number of rotatable bonds is 2. The van der Waals surface area contributed by atoms with Gasteiger partial charge in [0.1, 0.15) is 0 Å². The molecule has 0 aliphatic carbocycles. The van der Waals surface area contributed by atoms with Crippen LogP contribution >= 0.6 is 35.0 Å². The van der Waals surface area contributed by atoms with Gasteiger partial charge in [-0.2, -0.15) is 0 Å². The molecule has 0 unspecified atom stereocenters. The number of amides is 1. The van der Waals surface area contributed by atoms with Crippen LogP contribution in [0, 0.1) is 6.92 Å². The van der Waals surface area contributed by atoms with Crippen LogP contribution in [0.1, 0.15) is 11.3 Å². The molecule has 136 valence electrons. The summed E-state index contributed by atoms with van der Waals surface area (Å²) >= 11 is 13.3. The molecule has 1 aromatic heterocycles. The van der Waals surface area contributed by atoms with Gasteiger partial charge in [0, 0.05) is 29.2 Å². The first-order valence-electron chi connectivity index (χ1n) is 8.22. The standard InChI is InChI=1S/C20H15Cl2N3OS/c1-11-14(13-5-3-4-6-17(13)25(11)2)10-18-19(26)24-20(27-18)23-12-7-8-15(21)16(22)9-12/h3-10H,1-2H3,(H,23,24,26)/b18-10+. The fourth-order valence-electron chi connectivity index (χ4n) is 3.02. The minimum absolute atomic E-state index is 0.161. The zero-order valence-electron chi connectivity index (χ0n) is 14.6. The Balaban J connectivity index is 1.70. The summed E-state index contributed by atoms with van der Waals surface area (Å²) in [6.07, 6.45) is 1.93. The molecule has 4 nitrogen and oxygen atoms in total. The molecule has 7 heteroatoms. The van der Waals surface area contributed by atoms with Crippen molar-refractivity contribution in [3.63, 3.8) is 0 Å². The third-order valence-corrected chi connectivity index (χ3v) is 6.16. The Bertz CT molecular complexity index is 1150. The zero-order valence-corrected chi connectivity index (χ0v) is 16.9. The number of fused-ring (bicyclic) bond motifs is 1. The molecule has 1 fully saturated rings. The van der Waals surface area contributed by atoms with E-state index in [1.807, 2.05) is 25.3 Å². The van der Waals surface area contributed by atoms with Crippen LogP contribution < -0.4 is 5.32 Å². The van der Waals surface area contributed by atoms with Gasteiger partial charge >= 0.3 is 0 Å². The number of carbonyl (C=O) groups is 1. The highest BCUT2D eigenvalue weighted by molar-refractivity contribution is 8.18. The minimum Gasteiger partial charge on any atom is -0.347 e. The summed E-state index contributed by atoms with van der Waals surface area (Å²) in [7, 11) is 2.03. The van der Waals surface area contributed by atoms with Gasteiger partial charge in [-0.3, -0.25) is 4.79 Å². The van der Waals surface area contributed by atoms with Crippen LogP contribution in [-0.4, -0.2) is 15.6 Å². The predicted molar refractivity (Wildman–Crippen MR) is 115 cm³/mol. The van der Waals surface area contributed by atoms with E-state index in [1.54, 1.807) is 18.2 Å². The number of halogens is 2. The molecule has 2 aromatic carbocycles. The molecule has 27 heavy (non-hydrogen) atoms. The van der Waals surface area contributed by atoms with Crippen molar-refractivity contribution in [1.82, 2.24) is 9.88 Å².